The largest absolute Gasteiger partial charge is 0.497 e. The summed E-state index contributed by atoms with van der Waals surface area (Å²) >= 11 is 0. The molecule has 0 fully saturated rings. The van der Waals surface area contributed by atoms with Crippen LogP contribution in [0.2, 0.25) is 0 Å². The highest BCUT2D eigenvalue weighted by atomic mass is 19.2. The number of imidazole rings is 1. The first kappa shape index (κ1) is 34.6. The number of aromatic amines is 1. The molecule has 0 radical (unpaired) electrons. The number of hydrogen-bond acceptors (Lipinski definition) is 11. The van der Waals surface area contributed by atoms with Crippen LogP contribution in [0.5, 0.6) is 11.5 Å². The molecule has 7 rings (SSSR count). The van der Waals surface area contributed by atoms with Crippen LogP contribution in [0.15, 0.2) is 72.5 Å². The quantitative estimate of drug-likeness (QED) is 0.100. The smallest absolute Gasteiger partial charge is 0.336 e. The van der Waals surface area contributed by atoms with Crippen LogP contribution in [0.3, 0.4) is 0 Å². The van der Waals surface area contributed by atoms with E-state index < -0.39 is 57.8 Å². The second kappa shape index (κ2) is 13.8. The van der Waals surface area contributed by atoms with Gasteiger partial charge in [0.15, 0.2) is 11.7 Å². The van der Waals surface area contributed by atoms with E-state index in [-0.39, 0.29) is 0 Å². The number of hydrogen-bond donors (Lipinski definition) is 4. The van der Waals surface area contributed by atoms with Gasteiger partial charge in [0.1, 0.15) is 34.9 Å². The number of rotatable bonds is 5. The number of benzene rings is 1. The molecule has 258 valence electrons. The number of anilines is 2. The summed E-state index contributed by atoms with van der Waals surface area (Å²) in [5.74, 6) is -7.92. The lowest BCUT2D eigenvalue weighted by Crippen LogP contribution is -2.43. The van der Waals surface area contributed by atoms with E-state index in [1.807, 2.05) is 18.2 Å². The van der Waals surface area contributed by atoms with E-state index in [1.165, 1.54) is 0 Å². The maximum Gasteiger partial charge on any atom is 0.336 e. The van der Waals surface area contributed by atoms with Crippen molar-refractivity contribution in [1.29, 1.82) is 5.26 Å². The number of pyridine rings is 2. The lowest BCUT2D eigenvalue weighted by atomic mass is 10.1. The third kappa shape index (κ3) is 6.02. The summed E-state index contributed by atoms with van der Waals surface area (Å²) in [6.45, 7) is 0. The van der Waals surface area contributed by atoms with E-state index in [9.17, 15) is 41.4 Å². The molecular weight excluding hydrogens is 682 g/mol. The predicted octanol–water partition coefficient (Wildman–Crippen LogP) is 5.64. The number of halogens is 6. The minimum Gasteiger partial charge on any atom is -0.497 e. The number of nitriles is 1. The van der Waals surface area contributed by atoms with Gasteiger partial charge >= 0.3 is 11.9 Å². The van der Waals surface area contributed by atoms with Gasteiger partial charge in [-0.25, -0.2) is 28.3 Å². The molecule has 3 aliphatic rings. The molecule has 3 aliphatic heterocycles. The van der Waals surface area contributed by atoms with Crippen LogP contribution >= 0.6 is 0 Å². The van der Waals surface area contributed by atoms with E-state index in [1.54, 1.807) is 44.9 Å². The molecule has 4 N–H and O–H groups in total. The summed E-state index contributed by atoms with van der Waals surface area (Å²) in [5.41, 5.74) is 5.07. The molecule has 0 saturated carbocycles. The Bertz CT molecular complexity index is 2010. The topological polar surface area (TPSA) is 190 Å². The molecule has 4 aromatic rings. The van der Waals surface area contributed by atoms with Crippen LogP contribution in [0.1, 0.15) is 5.56 Å². The van der Waals surface area contributed by atoms with Crippen molar-refractivity contribution in [3.63, 3.8) is 0 Å². The van der Waals surface area contributed by atoms with Gasteiger partial charge in [0.2, 0.25) is 12.1 Å². The van der Waals surface area contributed by atoms with Gasteiger partial charge in [0, 0.05) is 29.6 Å². The zero-order valence-corrected chi connectivity index (χ0v) is 25.3. The average Bonchev–Trinajstić information content (AvgIpc) is 3.50. The Morgan fingerprint density at radius 1 is 0.940 bits per heavy atom. The maximum atomic E-state index is 11.9. The van der Waals surface area contributed by atoms with Gasteiger partial charge in [-0.15, -0.1) is 0 Å². The second-order valence-corrected chi connectivity index (χ2v) is 10.0. The molecule has 0 spiro atoms. The summed E-state index contributed by atoms with van der Waals surface area (Å²) in [4.78, 5) is 36.6. The van der Waals surface area contributed by atoms with Crippen molar-refractivity contribution in [3.05, 3.63) is 78.0 Å². The fourth-order valence-corrected chi connectivity index (χ4v) is 4.75. The minimum absolute atomic E-state index is 0.398. The number of aliphatic carboxylic acids is 2. The Hall–Kier alpha value is -6.78. The fraction of sp³-hybridized carbons (Fsp3) is 0.133. The number of methoxy groups -OCH3 is 2. The van der Waals surface area contributed by atoms with Crippen molar-refractivity contribution in [2.45, 2.75) is 12.1 Å². The zero-order chi connectivity index (χ0) is 36.4. The number of H-pyrrole nitrogens is 1. The number of aromatic nitrogens is 4. The molecule has 14 nitrogen and oxygen atoms in total. The van der Waals surface area contributed by atoms with Crippen LogP contribution < -0.4 is 14.8 Å². The van der Waals surface area contributed by atoms with Gasteiger partial charge in [-0.05, 0) is 24.3 Å². The third-order valence-corrected chi connectivity index (χ3v) is 7.17. The highest BCUT2D eigenvalue weighted by Gasteiger charge is 2.46. The van der Waals surface area contributed by atoms with E-state index >= 15 is 0 Å². The summed E-state index contributed by atoms with van der Waals surface area (Å²) in [5, 5.41) is 27.5. The first-order valence-electron chi connectivity index (χ1n) is 13.7. The van der Waals surface area contributed by atoms with Crippen molar-refractivity contribution in [2.75, 3.05) is 19.5 Å². The molecule has 2 unspecified atom stereocenters. The van der Waals surface area contributed by atoms with E-state index in [0.29, 0.717) is 34.3 Å². The molecule has 0 bridgehead atoms. The van der Waals surface area contributed by atoms with Gasteiger partial charge in [-0.3, -0.25) is 4.98 Å². The SMILES string of the molecule is COc1cc(C#N)c(-c2nc3c([nH]2)-c2ccncc2Nc2ncccc2-3)c(OC)c1.O=C(O)C1C(F)=C(F)N1F.O=C(O)C1C(F)=C(F)N1F. The van der Waals surface area contributed by atoms with Crippen molar-refractivity contribution < 1.29 is 55.8 Å². The summed E-state index contributed by atoms with van der Waals surface area (Å²) in [7, 11) is 3.10. The van der Waals surface area contributed by atoms with E-state index in [2.05, 4.69) is 26.3 Å². The predicted molar refractivity (Wildman–Crippen MR) is 159 cm³/mol. The molecule has 0 aliphatic carbocycles. The number of nitrogens with zero attached hydrogens (tertiary/aromatic N) is 6. The van der Waals surface area contributed by atoms with Crippen LogP contribution in [0.4, 0.5) is 38.0 Å². The fourth-order valence-electron chi connectivity index (χ4n) is 4.75. The number of nitrogens with one attached hydrogen (secondary N) is 2. The average molecular weight is 703 g/mol. The molecule has 6 heterocycles. The van der Waals surface area contributed by atoms with Gasteiger partial charge in [-0.1, -0.05) is 8.96 Å². The number of carboxylic acid groups (broad SMARTS) is 2. The van der Waals surface area contributed by atoms with E-state index in [4.69, 9.17) is 24.7 Å². The molecule has 3 aromatic heterocycles. The zero-order valence-electron chi connectivity index (χ0n) is 25.3. The number of ether oxygens (including phenoxy) is 2. The number of carbonyl (C=O) groups is 2. The van der Waals surface area contributed by atoms with Crippen LogP contribution in [-0.4, -0.2) is 78.6 Å². The van der Waals surface area contributed by atoms with Gasteiger partial charge in [0.25, 0.3) is 11.9 Å². The minimum atomic E-state index is -2.08. The normalized spacial score (nSPS) is 16.6. The Morgan fingerprint density at radius 3 is 2.10 bits per heavy atom. The molecule has 20 heteroatoms. The van der Waals surface area contributed by atoms with Crippen LogP contribution in [0.25, 0.3) is 33.9 Å². The standard InChI is InChI=1S/C22H16N6O2.2C4H2F3NO2/c1-29-13-8-12(10-23)18(17(9-13)30-2)22-27-19-14-5-7-24-11-16(14)26-21-15(20(19)28-22)4-3-6-25-21;2*5-1-2(4(9)10)8(7)3(1)6/h3-9,11H,1-2H3,(H,25,26)(H,27,28);2*2H,(H,9,10). The highest BCUT2D eigenvalue weighted by molar-refractivity contribution is 5.95. The monoisotopic (exact) mass is 702 g/mol. The Labute approximate surface area is 276 Å². The van der Waals surface area contributed by atoms with E-state index in [0.717, 1.165) is 28.2 Å². The molecular formula is C30H20F6N8O6. The van der Waals surface area contributed by atoms with Gasteiger partial charge < -0.3 is 30.0 Å². The van der Waals surface area contributed by atoms with Gasteiger partial charge in [-0.2, -0.15) is 24.3 Å². The van der Waals surface area contributed by atoms with Gasteiger partial charge in [0.05, 0.1) is 42.9 Å². The number of fused-ring (bicyclic) bond motifs is 5. The Balaban J connectivity index is 0.000000198. The molecule has 0 saturated heterocycles. The Kier molecular flexibility index (Phi) is 9.50. The summed E-state index contributed by atoms with van der Waals surface area (Å²) in [6, 6.07) is 7.18. The Morgan fingerprint density at radius 2 is 1.58 bits per heavy atom. The lowest BCUT2D eigenvalue weighted by Gasteiger charge is -2.26. The first-order chi connectivity index (χ1) is 23.8. The van der Waals surface area contributed by atoms with Crippen LogP contribution in [-0.2, 0) is 9.59 Å². The molecule has 1 aromatic carbocycles. The van der Waals surface area contributed by atoms with Crippen molar-refractivity contribution in [3.8, 4) is 51.5 Å². The van der Waals surface area contributed by atoms with Crippen molar-refractivity contribution in [2.24, 2.45) is 0 Å². The molecule has 50 heavy (non-hydrogen) atoms. The van der Waals surface area contributed by atoms with Crippen LogP contribution in [0, 0.1) is 11.3 Å². The highest BCUT2D eigenvalue weighted by Crippen LogP contribution is 2.45. The maximum absolute atomic E-state index is 11.9. The molecule has 2 atom stereocenters. The summed E-state index contributed by atoms with van der Waals surface area (Å²) in [6.07, 6.45) is 5.20. The third-order valence-electron chi connectivity index (χ3n) is 7.17. The van der Waals surface area contributed by atoms with Crippen molar-refractivity contribution >= 4 is 23.4 Å². The number of carboxylic acids is 2. The summed E-state index contributed by atoms with van der Waals surface area (Å²) < 4.78 is 81.8. The first-order valence-corrected chi connectivity index (χ1v) is 13.7. The lowest BCUT2D eigenvalue weighted by molar-refractivity contribution is -0.155. The second-order valence-electron chi connectivity index (χ2n) is 10.0. The van der Waals surface area contributed by atoms with Crippen molar-refractivity contribution in [1.82, 2.24) is 30.2 Å². The molecule has 0 amide bonds.